The number of piperazine rings is 1. The monoisotopic (exact) mass is 341 g/mol. The van der Waals surface area contributed by atoms with E-state index in [4.69, 9.17) is 14.5 Å². The molecule has 3 aromatic heterocycles. The smallest absolute Gasteiger partial charge is 0.241 e. The zero-order valence-electron chi connectivity index (χ0n) is 14.1. The van der Waals surface area contributed by atoms with E-state index in [1.165, 1.54) is 0 Å². The van der Waals surface area contributed by atoms with Crippen LogP contribution in [0.1, 0.15) is 0 Å². The fourth-order valence-electron chi connectivity index (χ4n) is 2.93. The van der Waals surface area contributed by atoms with Gasteiger partial charge in [0.2, 0.25) is 11.8 Å². The van der Waals surface area contributed by atoms with E-state index in [1.54, 1.807) is 31.0 Å². The second-order valence-electron chi connectivity index (χ2n) is 5.66. The minimum Gasteiger partial charge on any atom is -0.480 e. The fourth-order valence-corrected chi connectivity index (χ4v) is 2.93. The lowest BCUT2D eigenvalue weighted by Crippen LogP contribution is -2.43. The molecule has 4 heterocycles. The van der Waals surface area contributed by atoms with Crippen molar-refractivity contribution in [1.29, 1.82) is 0 Å². The predicted molar refractivity (Wildman–Crippen MR) is 92.2 cm³/mol. The van der Waals surface area contributed by atoms with Crippen molar-refractivity contribution in [3.8, 4) is 22.9 Å². The van der Waals surface area contributed by atoms with Crippen LogP contribution in [-0.2, 0) is 0 Å². The summed E-state index contributed by atoms with van der Waals surface area (Å²) in [5.41, 5.74) is 2.31. The van der Waals surface area contributed by atoms with Crippen molar-refractivity contribution in [2.45, 2.75) is 0 Å². The van der Waals surface area contributed by atoms with Crippen molar-refractivity contribution < 1.29 is 9.47 Å². The van der Waals surface area contributed by atoms with Gasteiger partial charge < -0.3 is 19.7 Å². The number of fused-ring (bicyclic) bond motifs is 1. The van der Waals surface area contributed by atoms with Gasteiger partial charge in [0.15, 0.2) is 5.65 Å². The molecule has 9 heteroatoms. The Morgan fingerprint density at radius 2 is 1.92 bits per heavy atom. The number of rotatable bonds is 4. The molecule has 0 aromatic carbocycles. The molecule has 1 aliphatic rings. The number of methoxy groups -OCH3 is 2. The minimum atomic E-state index is 0.407. The molecule has 0 unspecified atom stereocenters. The van der Waals surface area contributed by atoms with Gasteiger partial charge in [0.1, 0.15) is 5.82 Å². The van der Waals surface area contributed by atoms with Gasteiger partial charge >= 0.3 is 0 Å². The molecular formula is C16H19N7O2. The highest BCUT2D eigenvalue weighted by Crippen LogP contribution is 2.32. The molecule has 25 heavy (non-hydrogen) atoms. The first-order chi connectivity index (χ1) is 12.3. The zero-order valence-corrected chi connectivity index (χ0v) is 14.1. The molecule has 1 N–H and O–H groups in total. The van der Waals surface area contributed by atoms with Crippen LogP contribution in [0.3, 0.4) is 0 Å². The maximum Gasteiger partial charge on any atom is 0.241 e. The van der Waals surface area contributed by atoms with Crippen LogP contribution < -0.4 is 19.7 Å². The molecule has 130 valence electrons. The highest BCUT2D eigenvalue weighted by molar-refractivity contribution is 5.81. The Morgan fingerprint density at radius 1 is 1.08 bits per heavy atom. The molecule has 1 saturated heterocycles. The van der Waals surface area contributed by atoms with Gasteiger partial charge in [-0.1, -0.05) is 0 Å². The van der Waals surface area contributed by atoms with E-state index in [-0.39, 0.29) is 0 Å². The lowest BCUT2D eigenvalue weighted by Gasteiger charge is -2.28. The zero-order chi connectivity index (χ0) is 17.2. The van der Waals surface area contributed by atoms with Crippen molar-refractivity contribution in [3.63, 3.8) is 0 Å². The minimum absolute atomic E-state index is 0.407. The van der Waals surface area contributed by atoms with Gasteiger partial charge in [-0.15, -0.1) is 10.2 Å². The molecule has 0 saturated carbocycles. The summed E-state index contributed by atoms with van der Waals surface area (Å²) < 4.78 is 12.3. The number of nitrogens with zero attached hydrogens (tertiary/aromatic N) is 6. The highest BCUT2D eigenvalue weighted by Gasteiger charge is 2.18. The molecule has 0 aliphatic carbocycles. The van der Waals surface area contributed by atoms with Gasteiger partial charge in [-0.25, -0.2) is 9.50 Å². The van der Waals surface area contributed by atoms with Crippen LogP contribution in [0.5, 0.6) is 11.8 Å². The molecule has 1 fully saturated rings. The molecule has 9 nitrogen and oxygen atoms in total. The fraction of sp³-hybridized carbons (Fsp3) is 0.375. The first-order valence-electron chi connectivity index (χ1n) is 8.06. The average molecular weight is 341 g/mol. The van der Waals surface area contributed by atoms with Crippen molar-refractivity contribution in [2.24, 2.45) is 0 Å². The van der Waals surface area contributed by atoms with E-state index in [1.807, 2.05) is 12.3 Å². The van der Waals surface area contributed by atoms with E-state index in [2.05, 4.69) is 25.5 Å². The number of anilines is 1. The summed E-state index contributed by atoms with van der Waals surface area (Å²) >= 11 is 0. The number of nitrogens with one attached hydrogen (secondary N) is 1. The Balaban J connectivity index is 1.82. The van der Waals surface area contributed by atoms with Crippen LogP contribution in [0.4, 0.5) is 5.82 Å². The second-order valence-corrected chi connectivity index (χ2v) is 5.66. The topological polar surface area (TPSA) is 89.7 Å². The Hall–Kier alpha value is -2.94. The quantitative estimate of drug-likeness (QED) is 0.738. The van der Waals surface area contributed by atoms with Crippen LogP contribution in [0.15, 0.2) is 24.5 Å². The molecule has 0 radical (unpaired) electrons. The average Bonchev–Trinajstić information content (AvgIpc) is 3.11. The lowest BCUT2D eigenvalue weighted by atomic mass is 10.1. The number of aromatic nitrogens is 5. The Kier molecular flexibility index (Phi) is 4.06. The number of hydrogen-bond acceptors (Lipinski definition) is 8. The maximum absolute atomic E-state index is 5.35. The third-order valence-electron chi connectivity index (χ3n) is 4.23. The van der Waals surface area contributed by atoms with Crippen molar-refractivity contribution in [1.82, 2.24) is 30.1 Å². The van der Waals surface area contributed by atoms with Crippen LogP contribution in [0.2, 0.25) is 0 Å². The summed E-state index contributed by atoms with van der Waals surface area (Å²) in [7, 11) is 3.11. The first-order valence-corrected chi connectivity index (χ1v) is 8.06. The maximum atomic E-state index is 5.35. The summed E-state index contributed by atoms with van der Waals surface area (Å²) in [6, 6.07) is 3.76. The van der Waals surface area contributed by atoms with Crippen LogP contribution in [0, 0.1) is 0 Å². The third-order valence-corrected chi connectivity index (χ3v) is 4.23. The van der Waals surface area contributed by atoms with Crippen LogP contribution in [-0.4, -0.2) is 65.2 Å². The standard InChI is InChI=1S/C16H19N7O2/c1-24-14-9-11(16(25-2)21-20-14)12-10-18-23-6-3-13(19-15(12)23)22-7-4-17-5-8-22/h3,6,9-10,17H,4-5,7-8H2,1-2H3. The molecule has 0 bridgehead atoms. The van der Waals surface area contributed by atoms with E-state index in [0.717, 1.165) is 48.8 Å². The summed E-state index contributed by atoms with van der Waals surface area (Å²) in [6.45, 7) is 3.78. The summed E-state index contributed by atoms with van der Waals surface area (Å²) in [5.74, 6) is 1.75. The van der Waals surface area contributed by atoms with Gasteiger partial charge in [0, 0.05) is 38.4 Å². The second kappa shape index (κ2) is 6.52. The lowest BCUT2D eigenvalue weighted by molar-refractivity contribution is 0.369. The molecule has 0 spiro atoms. The van der Waals surface area contributed by atoms with Crippen molar-refractivity contribution in [2.75, 3.05) is 45.3 Å². The van der Waals surface area contributed by atoms with E-state index in [9.17, 15) is 0 Å². The molecule has 0 amide bonds. The van der Waals surface area contributed by atoms with E-state index < -0.39 is 0 Å². The highest BCUT2D eigenvalue weighted by atomic mass is 16.5. The number of ether oxygens (including phenoxy) is 2. The molecule has 0 atom stereocenters. The number of hydrogen-bond donors (Lipinski definition) is 1. The SMILES string of the molecule is COc1cc(-c2cnn3ccc(N4CCNCC4)nc23)c(OC)nn1. The van der Waals surface area contributed by atoms with Crippen molar-refractivity contribution in [3.05, 3.63) is 24.5 Å². The predicted octanol–water partition coefficient (Wildman–Crippen LogP) is 0.613. The summed E-state index contributed by atoms with van der Waals surface area (Å²) in [6.07, 6.45) is 3.67. The van der Waals surface area contributed by atoms with Gasteiger partial charge in [0.25, 0.3) is 0 Å². The molecular weight excluding hydrogens is 322 g/mol. The van der Waals surface area contributed by atoms with Gasteiger partial charge in [-0.3, -0.25) is 0 Å². The molecule has 1 aliphatic heterocycles. The third kappa shape index (κ3) is 2.82. The largest absolute Gasteiger partial charge is 0.480 e. The van der Waals surface area contributed by atoms with Gasteiger partial charge in [-0.2, -0.15) is 5.10 Å². The van der Waals surface area contributed by atoms with Crippen LogP contribution in [0.25, 0.3) is 16.8 Å². The summed E-state index contributed by atoms with van der Waals surface area (Å²) in [4.78, 5) is 7.08. The van der Waals surface area contributed by atoms with E-state index in [0.29, 0.717) is 11.8 Å². The molecule has 4 rings (SSSR count). The van der Waals surface area contributed by atoms with Gasteiger partial charge in [0.05, 0.1) is 31.5 Å². The first kappa shape index (κ1) is 15.6. The van der Waals surface area contributed by atoms with Gasteiger partial charge in [-0.05, 0) is 6.07 Å². The Morgan fingerprint density at radius 3 is 2.68 bits per heavy atom. The van der Waals surface area contributed by atoms with E-state index >= 15 is 0 Å². The molecule has 3 aromatic rings. The van der Waals surface area contributed by atoms with Crippen LogP contribution >= 0.6 is 0 Å². The summed E-state index contributed by atoms with van der Waals surface area (Å²) in [5, 5.41) is 15.8. The Labute approximate surface area is 144 Å². The normalized spacial score (nSPS) is 14.7. The van der Waals surface area contributed by atoms with Crippen molar-refractivity contribution >= 4 is 11.5 Å². The Bertz CT molecular complexity index is 889.